The molecule has 1 aromatic rings. The van der Waals surface area contributed by atoms with Crippen LogP contribution in [-0.2, 0) is 11.0 Å². The molecule has 3 rings (SSSR count). The van der Waals surface area contributed by atoms with E-state index in [1.807, 2.05) is 0 Å². The number of nitrogens with zero attached hydrogens (tertiary/aromatic N) is 2. The second kappa shape index (κ2) is 6.75. The van der Waals surface area contributed by atoms with Crippen LogP contribution in [-0.4, -0.2) is 47.0 Å². The van der Waals surface area contributed by atoms with Crippen molar-refractivity contribution in [2.24, 2.45) is 5.92 Å². The topological polar surface area (TPSA) is 81.8 Å². The molecule has 27 heavy (non-hydrogen) atoms. The normalized spacial score (nSPS) is 25.8. The number of hydrogen-bond acceptors (Lipinski definition) is 3. The van der Waals surface area contributed by atoms with Crippen LogP contribution in [0.2, 0.25) is 0 Å². The molecule has 2 fully saturated rings. The Morgan fingerprint density at radius 1 is 1.00 bits per heavy atom. The van der Waals surface area contributed by atoms with Crippen molar-refractivity contribution in [2.45, 2.75) is 32.2 Å². The van der Waals surface area contributed by atoms with Crippen LogP contribution in [0.25, 0.3) is 0 Å². The minimum absolute atomic E-state index is 0.158. The molecule has 2 aliphatic rings. The monoisotopic (exact) mass is 384 g/mol. The van der Waals surface area contributed by atoms with E-state index in [2.05, 4.69) is 10.6 Å². The lowest BCUT2D eigenvalue weighted by atomic mass is 9.85. The van der Waals surface area contributed by atoms with Gasteiger partial charge in [-0.25, -0.2) is 9.59 Å². The number of halogens is 3. The molecular weight excluding hydrogens is 365 g/mol. The fraction of sp³-hybridized carbons (Fsp3) is 0.471. The first kappa shape index (κ1) is 19.0. The van der Waals surface area contributed by atoms with E-state index in [9.17, 15) is 27.6 Å². The second-order valence-corrected chi connectivity index (χ2v) is 6.34. The fourth-order valence-electron chi connectivity index (χ4n) is 3.57. The van der Waals surface area contributed by atoms with Gasteiger partial charge in [0.1, 0.15) is 12.1 Å². The van der Waals surface area contributed by atoms with E-state index in [1.165, 1.54) is 17.0 Å². The molecule has 1 aromatic carbocycles. The van der Waals surface area contributed by atoms with Crippen LogP contribution in [0.1, 0.15) is 31.0 Å². The largest absolute Gasteiger partial charge is 0.416 e. The van der Waals surface area contributed by atoms with Gasteiger partial charge in [0.2, 0.25) is 5.91 Å². The minimum atomic E-state index is -4.48. The Bertz CT molecular complexity index is 766. The number of carbonyl (C=O) groups is 3. The van der Waals surface area contributed by atoms with E-state index in [-0.39, 0.29) is 13.1 Å². The van der Waals surface area contributed by atoms with Crippen LogP contribution >= 0.6 is 0 Å². The Labute approximate surface area is 153 Å². The number of amides is 5. The molecule has 2 saturated heterocycles. The zero-order valence-corrected chi connectivity index (χ0v) is 14.7. The fourth-order valence-corrected chi connectivity index (χ4v) is 3.57. The van der Waals surface area contributed by atoms with Gasteiger partial charge in [-0.3, -0.25) is 9.69 Å². The molecule has 0 bridgehead atoms. The third-order valence-electron chi connectivity index (χ3n) is 4.88. The highest BCUT2D eigenvalue weighted by atomic mass is 19.4. The van der Waals surface area contributed by atoms with Crippen molar-refractivity contribution in [3.63, 3.8) is 0 Å². The average molecular weight is 384 g/mol. The van der Waals surface area contributed by atoms with Crippen LogP contribution in [0, 0.1) is 5.92 Å². The second-order valence-electron chi connectivity index (χ2n) is 6.34. The summed E-state index contributed by atoms with van der Waals surface area (Å²) >= 11 is 0. The number of rotatable bonds is 3. The van der Waals surface area contributed by atoms with Gasteiger partial charge in [-0.1, -0.05) is 12.1 Å². The van der Waals surface area contributed by atoms with E-state index in [0.29, 0.717) is 5.56 Å². The predicted molar refractivity (Wildman–Crippen MR) is 88.3 cm³/mol. The molecule has 0 aromatic heterocycles. The zero-order valence-electron chi connectivity index (χ0n) is 14.7. The van der Waals surface area contributed by atoms with E-state index >= 15 is 0 Å². The molecule has 2 aliphatic heterocycles. The maximum atomic E-state index is 12.9. The van der Waals surface area contributed by atoms with Crippen LogP contribution in [0.15, 0.2) is 24.3 Å². The number of carbonyl (C=O) groups excluding carboxylic acids is 3. The van der Waals surface area contributed by atoms with Crippen LogP contribution < -0.4 is 10.6 Å². The highest BCUT2D eigenvalue weighted by molar-refractivity contribution is 6.00. The van der Waals surface area contributed by atoms with E-state index in [4.69, 9.17) is 0 Å². The Morgan fingerprint density at radius 2 is 1.63 bits per heavy atom. The third-order valence-corrected chi connectivity index (χ3v) is 4.88. The first-order chi connectivity index (χ1) is 12.7. The van der Waals surface area contributed by atoms with Crippen molar-refractivity contribution in [3.05, 3.63) is 35.4 Å². The van der Waals surface area contributed by atoms with Gasteiger partial charge in [0.25, 0.3) is 0 Å². The SMILES string of the molecule is CCN1C(=O)C2C(c3ccc(C(F)(F)F)cc3)NC(=O)NC2N(CC)C1=O. The Hall–Kier alpha value is -2.78. The van der Waals surface area contributed by atoms with Crippen molar-refractivity contribution < 1.29 is 27.6 Å². The van der Waals surface area contributed by atoms with Crippen molar-refractivity contribution in [2.75, 3.05) is 13.1 Å². The lowest BCUT2D eigenvalue weighted by Crippen LogP contribution is -2.72. The summed E-state index contributed by atoms with van der Waals surface area (Å²) in [5.74, 6) is -1.33. The number of nitrogens with one attached hydrogen (secondary N) is 2. The van der Waals surface area contributed by atoms with Crippen LogP contribution in [0.5, 0.6) is 0 Å². The molecule has 2 heterocycles. The summed E-state index contributed by atoms with van der Waals surface area (Å²) in [5.41, 5.74) is -0.457. The lowest BCUT2D eigenvalue weighted by Gasteiger charge is -2.49. The maximum absolute atomic E-state index is 12.9. The molecule has 2 N–H and O–H groups in total. The quantitative estimate of drug-likeness (QED) is 0.839. The van der Waals surface area contributed by atoms with Gasteiger partial charge in [-0.05, 0) is 31.5 Å². The Kier molecular flexibility index (Phi) is 4.75. The molecule has 3 unspecified atom stereocenters. The number of urea groups is 2. The van der Waals surface area contributed by atoms with Gasteiger partial charge in [0.05, 0.1) is 11.6 Å². The molecule has 7 nitrogen and oxygen atoms in total. The molecule has 0 aliphatic carbocycles. The van der Waals surface area contributed by atoms with Gasteiger partial charge in [0.15, 0.2) is 0 Å². The van der Waals surface area contributed by atoms with E-state index in [0.717, 1.165) is 17.0 Å². The van der Waals surface area contributed by atoms with Gasteiger partial charge in [0, 0.05) is 13.1 Å². The van der Waals surface area contributed by atoms with Crippen molar-refractivity contribution >= 4 is 18.0 Å². The van der Waals surface area contributed by atoms with Gasteiger partial charge >= 0.3 is 18.2 Å². The number of alkyl halides is 3. The Balaban J connectivity index is 2.01. The molecule has 10 heteroatoms. The van der Waals surface area contributed by atoms with E-state index < -0.39 is 47.8 Å². The predicted octanol–water partition coefficient (Wildman–Crippen LogP) is 2.31. The summed E-state index contributed by atoms with van der Waals surface area (Å²) in [7, 11) is 0. The Morgan fingerprint density at radius 3 is 2.15 bits per heavy atom. The van der Waals surface area contributed by atoms with Gasteiger partial charge < -0.3 is 15.5 Å². The zero-order chi connectivity index (χ0) is 19.9. The lowest BCUT2D eigenvalue weighted by molar-refractivity contribution is -0.141. The molecule has 3 atom stereocenters. The third kappa shape index (κ3) is 3.19. The molecule has 146 valence electrons. The van der Waals surface area contributed by atoms with Crippen molar-refractivity contribution in [1.82, 2.24) is 20.4 Å². The summed E-state index contributed by atoms with van der Waals surface area (Å²) in [6.07, 6.45) is -5.34. The summed E-state index contributed by atoms with van der Waals surface area (Å²) in [6.45, 7) is 3.81. The van der Waals surface area contributed by atoms with Gasteiger partial charge in [-0.2, -0.15) is 13.2 Å². The highest BCUT2D eigenvalue weighted by Gasteiger charge is 2.52. The summed E-state index contributed by atoms with van der Waals surface area (Å²) in [4.78, 5) is 39.9. The molecule has 0 spiro atoms. The first-order valence-electron chi connectivity index (χ1n) is 8.55. The number of imide groups is 1. The molecule has 5 amide bonds. The highest BCUT2D eigenvalue weighted by Crippen LogP contribution is 2.36. The number of fused-ring (bicyclic) bond motifs is 1. The molecule has 0 saturated carbocycles. The van der Waals surface area contributed by atoms with Crippen LogP contribution in [0.4, 0.5) is 22.8 Å². The smallest absolute Gasteiger partial charge is 0.330 e. The standard InChI is InChI=1S/C17H19F3N4O3/c1-3-23-13-11(14(25)24(4-2)16(23)27)12(21-15(26)22-13)9-5-7-10(8-6-9)17(18,19)20/h5-8,11-13H,3-4H2,1-2H3,(H2,21,22,26). The minimum Gasteiger partial charge on any atom is -0.330 e. The molecule has 0 radical (unpaired) electrons. The average Bonchev–Trinajstić information content (AvgIpc) is 2.61. The summed E-state index contributed by atoms with van der Waals surface area (Å²) in [5, 5.41) is 5.20. The summed E-state index contributed by atoms with van der Waals surface area (Å²) < 4.78 is 38.4. The first-order valence-corrected chi connectivity index (χ1v) is 8.55. The maximum Gasteiger partial charge on any atom is 0.416 e. The van der Waals surface area contributed by atoms with E-state index in [1.54, 1.807) is 13.8 Å². The number of hydrogen-bond donors (Lipinski definition) is 2. The van der Waals surface area contributed by atoms with Crippen molar-refractivity contribution in [3.8, 4) is 0 Å². The number of benzene rings is 1. The molecular formula is C17H19F3N4O3. The summed E-state index contributed by atoms with van der Waals surface area (Å²) in [6, 6.07) is 2.36. The van der Waals surface area contributed by atoms with Crippen LogP contribution in [0.3, 0.4) is 0 Å². The van der Waals surface area contributed by atoms with Gasteiger partial charge in [-0.15, -0.1) is 0 Å². The van der Waals surface area contributed by atoms with Crippen molar-refractivity contribution in [1.29, 1.82) is 0 Å².